The summed E-state index contributed by atoms with van der Waals surface area (Å²) in [6, 6.07) is 8.67. The van der Waals surface area contributed by atoms with E-state index in [1.54, 1.807) is 0 Å². The van der Waals surface area contributed by atoms with E-state index >= 15 is 0 Å². The first-order valence-electron chi connectivity index (χ1n) is 8.64. The van der Waals surface area contributed by atoms with Gasteiger partial charge >= 0.3 is 0 Å². The summed E-state index contributed by atoms with van der Waals surface area (Å²) in [6.45, 7) is 8.83. The van der Waals surface area contributed by atoms with E-state index in [1.165, 1.54) is 18.4 Å². The van der Waals surface area contributed by atoms with Crippen LogP contribution < -0.4 is 5.32 Å². The number of aryl methyl sites for hydroxylation is 1. The molecule has 2 aromatic rings. The molecule has 5 nitrogen and oxygen atoms in total. The molecule has 1 heterocycles. The van der Waals surface area contributed by atoms with Crippen LogP contribution >= 0.6 is 0 Å². The summed E-state index contributed by atoms with van der Waals surface area (Å²) in [4.78, 5) is 0. The van der Waals surface area contributed by atoms with E-state index in [2.05, 4.69) is 60.7 Å². The predicted molar refractivity (Wildman–Crippen MR) is 91.5 cm³/mol. The summed E-state index contributed by atoms with van der Waals surface area (Å²) in [5.74, 6) is 1.73. The number of nitrogens with one attached hydrogen (secondary N) is 1. The van der Waals surface area contributed by atoms with Crippen LogP contribution in [0.1, 0.15) is 57.8 Å². The average molecular weight is 313 g/mol. The molecule has 1 fully saturated rings. The Bertz CT molecular complexity index is 653. The molecule has 3 rings (SSSR count). The van der Waals surface area contributed by atoms with Gasteiger partial charge < -0.3 is 5.32 Å². The molecule has 5 heteroatoms. The third-order valence-corrected chi connectivity index (χ3v) is 4.93. The molecule has 0 aliphatic heterocycles. The van der Waals surface area contributed by atoms with Gasteiger partial charge in [0.05, 0.1) is 11.2 Å². The molecule has 1 N–H and O–H groups in total. The fraction of sp³-hybridized carbons (Fsp3) is 0.611. The van der Waals surface area contributed by atoms with Crippen LogP contribution in [0.2, 0.25) is 0 Å². The number of rotatable bonds is 4. The smallest absolute Gasteiger partial charge is 0.176 e. The van der Waals surface area contributed by atoms with Crippen molar-refractivity contribution in [3.8, 4) is 5.69 Å². The van der Waals surface area contributed by atoms with E-state index in [9.17, 15) is 0 Å². The molecule has 0 atom stereocenters. The van der Waals surface area contributed by atoms with Crippen molar-refractivity contribution in [3.05, 3.63) is 35.7 Å². The summed E-state index contributed by atoms with van der Waals surface area (Å²) in [7, 11) is 0. The molecule has 1 aliphatic rings. The van der Waals surface area contributed by atoms with Gasteiger partial charge in [-0.25, -0.2) is 0 Å². The Morgan fingerprint density at radius 3 is 2.57 bits per heavy atom. The van der Waals surface area contributed by atoms with Crippen LogP contribution in [0.3, 0.4) is 0 Å². The van der Waals surface area contributed by atoms with Crippen molar-refractivity contribution in [1.82, 2.24) is 25.5 Å². The molecule has 0 radical (unpaired) electrons. The van der Waals surface area contributed by atoms with Crippen LogP contribution in [0, 0.1) is 12.8 Å². The van der Waals surface area contributed by atoms with Crippen LogP contribution in [-0.2, 0) is 5.54 Å². The van der Waals surface area contributed by atoms with E-state index in [1.807, 2.05) is 16.8 Å². The fourth-order valence-electron chi connectivity index (χ4n) is 3.69. The minimum absolute atomic E-state index is 0.132. The third-order valence-electron chi connectivity index (χ3n) is 4.93. The molecule has 0 unspecified atom stereocenters. The van der Waals surface area contributed by atoms with Gasteiger partial charge in [0.2, 0.25) is 0 Å². The van der Waals surface area contributed by atoms with E-state index in [4.69, 9.17) is 0 Å². The molecule has 0 amide bonds. The number of aromatic nitrogens is 4. The minimum Gasteiger partial charge on any atom is -0.302 e. The lowest BCUT2D eigenvalue weighted by Gasteiger charge is -2.40. The van der Waals surface area contributed by atoms with Crippen LogP contribution in [0.4, 0.5) is 0 Å². The highest BCUT2D eigenvalue weighted by atomic mass is 15.6. The number of hydrogen-bond donors (Lipinski definition) is 1. The average Bonchev–Trinajstić information content (AvgIpc) is 3.00. The lowest BCUT2D eigenvalue weighted by molar-refractivity contribution is 0.170. The number of nitrogens with zero attached hydrogens (tertiary/aromatic N) is 4. The zero-order chi connectivity index (χ0) is 16.4. The second kappa shape index (κ2) is 6.40. The molecular formula is C18H27N5. The molecule has 1 saturated carbocycles. The van der Waals surface area contributed by atoms with Gasteiger partial charge in [-0.2, -0.15) is 4.68 Å². The zero-order valence-electron chi connectivity index (χ0n) is 14.6. The maximum absolute atomic E-state index is 4.45. The molecule has 1 aliphatic carbocycles. The monoisotopic (exact) mass is 313 g/mol. The Kier molecular flexibility index (Phi) is 4.48. The quantitative estimate of drug-likeness (QED) is 0.940. The molecule has 124 valence electrons. The predicted octanol–water partition coefficient (Wildman–Crippen LogP) is 3.37. The van der Waals surface area contributed by atoms with Crippen molar-refractivity contribution < 1.29 is 0 Å². The first-order chi connectivity index (χ1) is 11.0. The Labute approximate surface area is 138 Å². The zero-order valence-corrected chi connectivity index (χ0v) is 14.6. The van der Waals surface area contributed by atoms with Gasteiger partial charge in [-0.05, 0) is 74.4 Å². The largest absolute Gasteiger partial charge is 0.302 e. The number of hydrogen-bond acceptors (Lipinski definition) is 4. The SMILES string of the molecule is Cc1ccccc1-n1nnnc1C1(NC(C)C)CCC(C)CC1. The van der Waals surface area contributed by atoms with Gasteiger partial charge in [0.1, 0.15) is 0 Å². The lowest BCUT2D eigenvalue weighted by atomic mass is 9.76. The number of benzene rings is 1. The van der Waals surface area contributed by atoms with Crippen molar-refractivity contribution in [3.63, 3.8) is 0 Å². The summed E-state index contributed by atoms with van der Waals surface area (Å²) < 4.78 is 1.93. The van der Waals surface area contributed by atoms with E-state index in [0.717, 1.165) is 30.3 Å². The Hall–Kier alpha value is -1.75. The molecule has 1 aromatic carbocycles. The standard InChI is InChI=1S/C18H27N5/c1-13(2)19-18(11-9-14(3)10-12-18)17-20-21-22-23(17)16-8-6-5-7-15(16)4/h5-8,13-14,19H,9-12H2,1-4H3. The second-order valence-electron chi connectivity index (χ2n) is 7.26. The normalized spacial score (nSPS) is 25.0. The maximum Gasteiger partial charge on any atom is 0.176 e. The highest BCUT2D eigenvalue weighted by Crippen LogP contribution is 2.39. The van der Waals surface area contributed by atoms with Crippen molar-refractivity contribution in [2.45, 2.75) is 65.0 Å². The summed E-state index contributed by atoms with van der Waals surface area (Å²) in [6.07, 6.45) is 4.58. The Morgan fingerprint density at radius 2 is 1.91 bits per heavy atom. The number of para-hydroxylation sites is 1. The Morgan fingerprint density at radius 1 is 1.22 bits per heavy atom. The molecular weight excluding hydrogens is 286 g/mol. The van der Waals surface area contributed by atoms with Crippen molar-refractivity contribution in [1.29, 1.82) is 0 Å². The second-order valence-corrected chi connectivity index (χ2v) is 7.26. The highest BCUT2D eigenvalue weighted by Gasteiger charge is 2.41. The summed E-state index contributed by atoms with van der Waals surface area (Å²) >= 11 is 0. The van der Waals surface area contributed by atoms with Gasteiger partial charge in [-0.3, -0.25) is 0 Å². The molecule has 0 saturated heterocycles. The van der Waals surface area contributed by atoms with Gasteiger partial charge in [0.15, 0.2) is 5.82 Å². The van der Waals surface area contributed by atoms with Gasteiger partial charge in [-0.15, -0.1) is 5.10 Å². The first-order valence-corrected chi connectivity index (χ1v) is 8.64. The van der Waals surface area contributed by atoms with Crippen LogP contribution in [0.15, 0.2) is 24.3 Å². The minimum atomic E-state index is -0.132. The summed E-state index contributed by atoms with van der Waals surface area (Å²) in [5, 5.41) is 16.5. The van der Waals surface area contributed by atoms with Crippen molar-refractivity contribution >= 4 is 0 Å². The summed E-state index contributed by atoms with van der Waals surface area (Å²) in [5.41, 5.74) is 2.12. The molecule has 1 aromatic heterocycles. The van der Waals surface area contributed by atoms with Crippen molar-refractivity contribution in [2.24, 2.45) is 5.92 Å². The molecule has 0 bridgehead atoms. The maximum atomic E-state index is 4.45. The van der Waals surface area contributed by atoms with E-state index in [-0.39, 0.29) is 5.54 Å². The fourth-order valence-corrected chi connectivity index (χ4v) is 3.69. The van der Waals surface area contributed by atoms with Crippen LogP contribution in [0.25, 0.3) is 5.69 Å². The lowest BCUT2D eigenvalue weighted by Crippen LogP contribution is -2.50. The third kappa shape index (κ3) is 3.15. The van der Waals surface area contributed by atoms with E-state index < -0.39 is 0 Å². The highest BCUT2D eigenvalue weighted by molar-refractivity contribution is 5.40. The van der Waals surface area contributed by atoms with Gasteiger partial charge in [0.25, 0.3) is 0 Å². The van der Waals surface area contributed by atoms with Crippen molar-refractivity contribution in [2.75, 3.05) is 0 Å². The number of tetrazole rings is 1. The molecule has 0 spiro atoms. The molecule has 23 heavy (non-hydrogen) atoms. The van der Waals surface area contributed by atoms with E-state index in [0.29, 0.717) is 6.04 Å². The van der Waals surface area contributed by atoms with Gasteiger partial charge in [-0.1, -0.05) is 25.1 Å². The Balaban J connectivity index is 2.05. The van der Waals surface area contributed by atoms with Crippen LogP contribution in [0.5, 0.6) is 0 Å². The van der Waals surface area contributed by atoms with Gasteiger partial charge in [0, 0.05) is 6.04 Å². The first kappa shape index (κ1) is 16.1. The topological polar surface area (TPSA) is 55.6 Å². The van der Waals surface area contributed by atoms with Crippen LogP contribution in [-0.4, -0.2) is 26.2 Å².